The van der Waals surface area contributed by atoms with Crippen LogP contribution in [0.1, 0.15) is 59.0 Å². The molecule has 33 heavy (non-hydrogen) atoms. The van der Waals surface area contributed by atoms with Gasteiger partial charge in [-0.15, -0.1) is 11.3 Å². The van der Waals surface area contributed by atoms with E-state index in [1.165, 1.54) is 23.5 Å². The van der Waals surface area contributed by atoms with Crippen LogP contribution < -0.4 is 0 Å². The fourth-order valence-electron chi connectivity index (χ4n) is 3.76. The number of thiazole rings is 1. The summed E-state index contributed by atoms with van der Waals surface area (Å²) in [6.07, 6.45) is 0. The Balaban J connectivity index is 2.30. The zero-order chi connectivity index (χ0) is 25.1. The molecule has 0 saturated heterocycles. The highest BCUT2D eigenvalue weighted by atomic mass is 35.5. The molecule has 0 saturated carbocycles. The van der Waals surface area contributed by atoms with Gasteiger partial charge in [0.05, 0.1) is 27.5 Å². The second-order valence-electron chi connectivity index (χ2n) is 10.3. The molecule has 0 aliphatic heterocycles. The highest BCUT2D eigenvalue weighted by Gasteiger charge is 2.55. The molecular formula is C25H27ClFNO4S. The van der Waals surface area contributed by atoms with Gasteiger partial charge in [0.15, 0.2) is 11.6 Å². The Morgan fingerprint density at radius 2 is 1.73 bits per heavy atom. The van der Waals surface area contributed by atoms with Crippen LogP contribution in [0, 0.1) is 29.0 Å². The summed E-state index contributed by atoms with van der Waals surface area (Å²) in [6, 6.07) is 4.28. The first-order valence-electron chi connectivity index (χ1n) is 10.5. The van der Waals surface area contributed by atoms with Gasteiger partial charge in [0, 0.05) is 15.5 Å². The van der Waals surface area contributed by atoms with Gasteiger partial charge in [-0.3, -0.25) is 14.4 Å². The van der Waals surface area contributed by atoms with Crippen LogP contribution >= 0.6 is 22.9 Å². The first kappa shape index (κ1) is 25.2. The van der Waals surface area contributed by atoms with E-state index >= 15 is 0 Å². The molecule has 176 valence electrons. The first-order chi connectivity index (χ1) is 15.0. The van der Waals surface area contributed by atoms with Crippen molar-refractivity contribution in [3.05, 3.63) is 45.4 Å². The van der Waals surface area contributed by atoms with Crippen molar-refractivity contribution >= 4 is 46.0 Å². The minimum absolute atomic E-state index is 0.0201. The maximum absolute atomic E-state index is 14.6. The largest absolute Gasteiger partial charge is 0.429 e. The van der Waals surface area contributed by atoms with Gasteiger partial charge in [0.1, 0.15) is 16.6 Å². The van der Waals surface area contributed by atoms with Crippen molar-refractivity contribution in [2.24, 2.45) is 16.2 Å². The zero-order valence-electron chi connectivity index (χ0n) is 20.0. The predicted octanol–water partition coefficient (Wildman–Crippen LogP) is 6.42. The number of aryl methyl sites for hydroxylation is 1. The molecule has 1 aromatic carbocycles. The van der Waals surface area contributed by atoms with Crippen LogP contribution in [0.2, 0.25) is 5.02 Å². The van der Waals surface area contributed by atoms with Crippen molar-refractivity contribution in [2.75, 3.05) is 0 Å². The number of benzene rings is 1. The normalized spacial score (nSPS) is 18.0. The number of hydrogen-bond acceptors (Lipinski definition) is 6. The molecule has 1 aliphatic rings. The van der Waals surface area contributed by atoms with Gasteiger partial charge in [-0.1, -0.05) is 11.6 Å². The number of allylic oxidation sites excluding steroid dienone is 2. The topological polar surface area (TPSA) is 73.3 Å². The summed E-state index contributed by atoms with van der Waals surface area (Å²) in [5.74, 6) is -1.96. The lowest BCUT2D eigenvalue weighted by Gasteiger charge is -2.40. The van der Waals surface area contributed by atoms with E-state index < -0.39 is 33.8 Å². The lowest BCUT2D eigenvalue weighted by atomic mass is 9.63. The van der Waals surface area contributed by atoms with Crippen LogP contribution in [0.25, 0.3) is 16.1 Å². The number of carbonyl (C=O) groups is 3. The van der Waals surface area contributed by atoms with Crippen LogP contribution in [0.4, 0.5) is 4.39 Å². The number of rotatable bonds is 3. The van der Waals surface area contributed by atoms with Crippen molar-refractivity contribution in [1.29, 1.82) is 0 Å². The van der Waals surface area contributed by atoms with E-state index in [2.05, 4.69) is 4.98 Å². The number of aromatic nitrogens is 1. The minimum atomic E-state index is -1.35. The molecule has 0 N–H and O–H groups in total. The summed E-state index contributed by atoms with van der Waals surface area (Å²) in [7, 11) is 0. The highest BCUT2D eigenvalue weighted by Crippen LogP contribution is 2.49. The number of ketones is 2. The summed E-state index contributed by atoms with van der Waals surface area (Å²) >= 11 is 7.08. The van der Waals surface area contributed by atoms with Gasteiger partial charge in [0.2, 0.25) is 0 Å². The average molecular weight is 492 g/mol. The van der Waals surface area contributed by atoms with Crippen LogP contribution in [0.15, 0.2) is 24.0 Å². The zero-order valence-corrected chi connectivity index (χ0v) is 21.5. The number of halogens is 2. The minimum Gasteiger partial charge on any atom is -0.429 e. The Kier molecular flexibility index (Phi) is 6.22. The molecule has 0 spiro atoms. The maximum Gasteiger partial charge on any atom is 0.316 e. The Morgan fingerprint density at radius 3 is 2.27 bits per heavy atom. The third-order valence-electron chi connectivity index (χ3n) is 5.73. The van der Waals surface area contributed by atoms with Gasteiger partial charge in [-0.05, 0) is 73.6 Å². The summed E-state index contributed by atoms with van der Waals surface area (Å²) in [4.78, 5) is 44.9. The van der Waals surface area contributed by atoms with E-state index in [0.717, 1.165) is 0 Å². The van der Waals surface area contributed by atoms with Gasteiger partial charge in [-0.25, -0.2) is 9.37 Å². The van der Waals surface area contributed by atoms with Crippen molar-refractivity contribution in [1.82, 2.24) is 4.98 Å². The standard InChI is InChI=1S/C25H27ClFNO4S/c1-12-17(28-20(33-12)14-10-9-13(26)11-15(14)27)16-18(29)24(5,6)21(30)25(7,8)19(16)32-22(31)23(2,3)4/h9-11H,1-8H3. The van der Waals surface area contributed by atoms with Crippen LogP contribution in [0.3, 0.4) is 0 Å². The fraction of sp³-hybridized carbons (Fsp3) is 0.440. The van der Waals surface area contributed by atoms with Crippen LogP contribution in [-0.2, 0) is 19.1 Å². The molecule has 0 amide bonds. The molecule has 5 nitrogen and oxygen atoms in total. The molecular weight excluding hydrogens is 465 g/mol. The third kappa shape index (κ3) is 4.28. The van der Waals surface area contributed by atoms with Crippen molar-refractivity contribution in [3.63, 3.8) is 0 Å². The molecule has 3 rings (SSSR count). The molecule has 8 heteroatoms. The number of hydrogen-bond donors (Lipinski definition) is 0. The molecule has 2 aromatic rings. The van der Waals surface area contributed by atoms with Gasteiger partial charge < -0.3 is 4.74 Å². The van der Waals surface area contributed by atoms with Gasteiger partial charge >= 0.3 is 5.97 Å². The monoisotopic (exact) mass is 491 g/mol. The second-order valence-corrected chi connectivity index (χ2v) is 11.9. The fourth-order valence-corrected chi connectivity index (χ4v) is 4.87. The smallest absolute Gasteiger partial charge is 0.316 e. The molecule has 0 bridgehead atoms. The van der Waals surface area contributed by atoms with Crippen LogP contribution in [-0.4, -0.2) is 22.5 Å². The maximum atomic E-state index is 14.6. The van der Waals surface area contributed by atoms with E-state index in [4.69, 9.17) is 16.3 Å². The lowest BCUT2D eigenvalue weighted by Crippen LogP contribution is -2.49. The molecule has 0 atom stereocenters. The molecule has 0 radical (unpaired) electrons. The average Bonchev–Trinajstić information content (AvgIpc) is 3.05. The van der Waals surface area contributed by atoms with E-state index in [9.17, 15) is 18.8 Å². The van der Waals surface area contributed by atoms with Gasteiger partial charge in [-0.2, -0.15) is 0 Å². The van der Waals surface area contributed by atoms with E-state index in [1.54, 1.807) is 61.5 Å². The Hall–Kier alpha value is -2.38. The Morgan fingerprint density at radius 1 is 1.12 bits per heavy atom. The summed E-state index contributed by atoms with van der Waals surface area (Å²) in [5.41, 5.74) is -2.86. The molecule has 1 heterocycles. The quantitative estimate of drug-likeness (QED) is 0.366. The molecule has 0 unspecified atom stereocenters. The third-order valence-corrected chi connectivity index (χ3v) is 6.97. The summed E-state index contributed by atoms with van der Waals surface area (Å²) < 4.78 is 20.3. The Bertz CT molecular complexity index is 1220. The molecule has 1 aliphatic carbocycles. The van der Waals surface area contributed by atoms with Crippen molar-refractivity contribution < 1.29 is 23.5 Å². The van der Waals surface area contributed by atoms with Gasteiger partial charge in [0.25, 0.3) is 0 Å². The van der Waals surface area contributed by atoms with Crippen molar-refractivity contribution in [3.8, 4) is 10.6 Å². The van der Waals surface area contributed by atoms with Crippen LogP contribution in [0.5, 0.6) is 0 Å². The molecule has 1 aromatic heterocycles. The number of Topliss-reactive ketones (excluding diaryl/α,β-unsaturated/α-hetero) is 2. The number of esters is 1. The van der Waals surface area contributed by atoms with Crippen molar-refractivity contribution in [2.45, 2.75) is 55.4 Å². The van der Waals surface area contributed by atoms with E-state index in [-0.39, 0.29) is 33.4 Å². The Labute approximate surface area is 202 Å². The first-order valence-corrected chi connectivity index (χ1v) is 11.7. The lowest BCUT2D eigenvalue weighted by molar-refractivity contribution is -0.153. The highest BCUT2D eigenvalue weighted by molar-refractivity contribution is 7.15. The second kappa shape index (κ2) is 8.13. The predicted molar refractivity (Wildman–Crippen MR) is 127 cm³/mol. The van der Waals surface area contributed by atoms with E-state index in [1.807, 2.05) is 0 Å². The number of carbonyl (C=O) groups excluding carboxylic acids is 3. The number of ether oxygens (including phenoxy) is 1. The SMILES string of the molecule is Cc1sc(-c2ccc(Cl)cc2F)nc1C1=C(OC(=O)C(C)(C)C)C(C)(C)C(=O)C(C)(C)C1=O. The molecule has 0 fully saturated rings. The number of nitrogens with zero attached hydrogens (tertiary/aromatic N) is 1. The summed E-state index contributed by atoms with van der Waals surface area (Å²) in [6.45, 7) is 13.2. The summed E-state index contributed by atoms with van der Waals surface area (Å²) in [5, 5.41) is 0.610. The van der Waals surface area contributed by atoms with E-state index in [0.29, 0.717) is 9.88 Å².